The van der Waals surface area contributed by atoms with E-state index < -0.39 is 0 Å². The number of carbonyl (C=O) groups excluding carboxylic acids is 1. The van der Waals surface area contributed by atoms with Crippen molar-refractivity contribution in [3.05, 3.63) is 71.0 Å². The second kappa shape index (κ2) is 14.7. The predicted molar refractivity (Wildman–Crippen MR) is 136 cm³/mol. The predicted octanol–water partition coefficient (Wildman–Crippen LogP) is 3.03. The van der Waals surface area contributed by atoms with Gasteiger partial charge in [0, 0.05) is 38.8 Å². The third-order valence-corrected chi connectivity index (χ3v) is 4.58. The maximum absolute atomic E-state index is 13.0. The Bertz CT molecular complexity index is 829. The van der Waals surface area contributed by atoms with Gasteiger partial charge in [-0.15, -0.1) is 24.0 Å². The molecular formula is C23H33FIN5O. The summed E-state index contributed by atoms with van der Waals surface area (Å²) in [5.41, 5.74) is 2.84. The molecule has 2 aromatic rings. The second-order valence-electron chi connectivity index (χ2n) is 7.08. The van der Waals surface area contributed by atoms with Crippen LogP contribution in [0.2, 0.25) is 0 Å². The highest BCUT2D eigenvalue weighted by Crippen LogP contribution is 2.06. The number of hydrogen-bond donors (Lipinski definition) is 3. The number of amides is 1. The van der Waals surface area contributed by atoms with Crippen molar-refractivity contribution in [1.29, 1.82) is 0 Å². The number of likely N-dealkylation sites (N-methyl/N-ethyl adjacent to an activating group) is 1. The van der Waals surface area contributed by atoms with Crippen LogP contribution in [0.4, 0.5) is 4.39 Å². The molecule has 31 heavy (non-hydrogen) atoms. The number of benzene rings is 2. The molecule has 0 aliphatic rings. The highest BCUT2D eigenvalue weighted by molar-refractivity contribution is 14.0. The van der Waals surface area contributed by atoms with E-state index in [0.717, 1.165) is 43.1 Å². The summed E-state index contributed by atoms with van der Waals surface area (Å²) >= 11 is 0. The summed E-state index contributed by atoms with van der Waals surface area (Å²) in [5.74, 6) is 0.479. The molecule has 0 bridgehead atoms. The molecule has 0 fully saturated rings. The molecule has 0 unspecified atom stereocenters. The van der Waals surface area contributed by atoms with E-state index in [9.17, 15) is 9.18 Å². The van der Waals surface area contributed by atoms with Gasteiger partial charge in [-0.05, 0) is 55.8 Å². The van der Waals surface area contributed by atoms with Gasteiger partial charge in [0.2, 0.25) is 0 Å². The van der Waals surface area contributed by atoms with Crippen LogP contribution < -0.4 is 16.0 Å². The van der Waals surface area contributed by atoms with Crippen molar-refractivity contribution in [3.8, 4) is 0 Å². The number of nitrogens with zero attached hydrogens (tertiary/aromatic N) is 2. The maximum Gasteiger partial charge on any atom is 0.251 e. The molecule has 2 rings (SSSR count). The van der Waals surface area contributed by atoms with E-state index in [2.05, 4.69) is 25.8 Å². The van der Waals surface area contributed by atoms with Crippen molar-refractivity contribution in [1.82, 2.24) is 20.9 Å². The molecule has 0 spiro atoms. The molecule has 0 radical (unpaired) electrons. The minimum Gasteiger partial charge on any atom is -0.357 e. The first-order valence-corrected chi connectivity index (χ1v) is 10.3. The molecule has 0 saturated heterocycles. The normalized spacial score (nSPS) is 11.1. The Kier molecular flexibility index (Phi) is 12.8. The first-order chi connectivity index (χ1) is 14.5. The van der Waals surface area contributed by atoms with E-state index in [4.69, 9.17) is 0 Å². The number of nitrogens with one attached hydrogen (secondary N) is 3. The molecule has 6 nitrogen and oxygen atoms in total. The maximum atomic E-state index is 13.0. The Hall–Kier alpha value is -2.20. The summed E-state index contributed by atoms with van der Waals surface area (Å²) in [5, 5.41) is 9.24. The second-order valence-corrected chi connectivity index (χ2v) is 7.08. The van der Waals surface area contributed by atoms with Crippen LogP contribution in [0.25, 0.3) is 0 Å². The van der Waals surface area contributed by atoms with Crippen molar-refractivity contribution in [3.63, 3.8) is 0 Å². The molecular weight excluding hydrogens is 508 g/mol. The van der Waals surface area contributed by atoms with Gasteiger partial charge in [0.05, 0.1) is 6.54 Å². The molecule has 170 valence electrons. The number of rotatable bonds is 10. The molecule has 0 aromatic heterocycles. The van der Waals surface area contributed by atoms with Crippen LogP contribution in [0.15, 0.2) is 53.5 Å². The Morgan fingerprint density at radius 2 is 1.84 bits per heavy atom. The van der Waals surface area contributed by atoms with E-state index in [0.29, 0.717) is 18.7 Å². The molecule has 2 aromatic carbocycles. The molecule has 0 aliphatic heterocycles. The lowest BCUT2D eigenvalue weighted by Crippen LogP contribution is -2.39. The van der Waals surface area contributed by atoms with Crippen molar-refractivity contribution in [2.75, 3.05) is 40.3 Å². The zero-order chi connectivity index (χ0) is 21.8. The summed E-state index contributed by atoms with van der Waals surface area (Å²) in [6.45, 7) is 5.73. The highest BCUT2D eigenvalue weighted by Gasteiger charge is 2.05. The average Bonchev–Trinajstić information content (AvgIpc) is 2.75. The third kappa shape index (κ3) is 10.1. The SMILES string of the molecule is CCNC(=NCCN(C)Cc1ccc(F)cc1)NCCc1cccc(C(=O)NC)c1.I. The summed E-state index contributed by atoms with van der Waals surface area (Å²) in [4.78, 5) is 18.5. The summed E-state index contributed by atoms with van der Waals surface area (Å²) < 4.78 is 13.0. The summed E-state index contributed by atoms with van der Waals surface area (Å²) in [6, 6.07) is 14.2. The van der Waals surface area contributed by atoms with Gasteiger partial charge in [-0.25, -0.2) is 4.39 Å². The molecule has 0 aliphatic carbocycles. The molecule has 1 amide bonds. The standard InChI is InChI=1S/C23H32FN5O.HI/c1-4-26-23(27-13-12-18-6-5-7-20(16-18)22(30)25-2)28-14-15-29(3)17-19-8-10-21(24)11-9-19;/h5-11,16H,4,12-15,17H2,1-3H3,(H,25,30)(H2,26,27,28);1H. The summed E-state index contributed by atoms with van der Waals surface area (Å²) in [7, 11) is 3.66. The van der Waals surface area contributed by atoms with Crippen LogP contribution in [0.3, 0.4) is 0 Å². The monoisotopic (exact) mass is 541 g/mol. The van der Waals surface area contributed by atoms with Gasteiger partial charge in [-0.3, -0.25) is 9.79 Å². The minimum absolute atomic E-state index is 0. The summed E-state index contributed by atoms with van der Waals surface area (Å²) in [6.07, 6.45) is 0.791. The number of halogens is 2. The van der Waals surface area contributed by atoms with E-state index >= 15 is 0 Å². The van der Waals surface area contributed by atoms with E-state index in [1.165, 1.54) is 12.1 Å². The quantitative estimate of drug-likeness (QED) is 0.246. The van der Waals surface area contributed by atoms with Gasteiger partial charge in [0.25, 0.3) is 5.91 Å². The minimum atomic E-state index is -0.215. The van der Waals surface area contributed by atoms with Gasteiger partial charge in [-0.2, -0.15) is 0 Å². The van der Waals surface area contributed by atoms with Crippen molar-refractivity contribution >= 4 is 35.8 Å². The number of carbonyl (C=O) groups is 1. The Balaban J connectivity index is 0.00000480. The van der Waals surface area contributed by atoms with Gasteiger partial charge in [0.1, 0.15) is 5.82 Å². The number of aliphatic imine (C=N–C) groups is 1. The Labute approximate surface area is 201 Å². The lowest BCUT2D eigenvalue weighted by molar-refractivity contribution is 0.0963. The largest absolute Gasteiger partial charge is 0.357 e. The van der Waals surface area contributed by atoms with Crippen molar-refractivity contribution < 1.29 is 9.18 Å². The Morgan fingerprint density at radius 3 is 2.52 bits per heavy atom. The fourth-order valence-electron chi connectivity index (χ4n) is 2.99. The van der Waals surface area contributed by atoms with Crippen LogP contribution in [-0.2, 0) is 13.0 Å². The first-order valence-electron chi connectivity index (χ1n) is 10.3. The van der Waals surface area contributed by atoms with Crippen molar-refractivity contribution in [2.45, 2.75) is 19.9 Å². The molecule has 0 heterocycles. The fraction of sp³-hybridized carbons (Fsp3) is 0.391. The van der Waals surface area contributed by atoms with E-state index in [1.54, 1.807) is 19.2 Å². The average molecular weight is 541 g/mol. The van der Waals surface area contributed by atoms with Crippen molar-refractivity contribution in [2.24, 2.45) is 4.99 Å². The molecule has 8 heteroatoms. The smallest absolute Gasteiger partial charge is 0.251 e. The lowest BCUT2D eigenvalue weighted by Gasteiger charge is -2.16. The van der Waals surface area contributed by atoms with Gasteiger partial charge >= 0.3 is 0 Å². The van der Waals surface area contributed by atoms with Crippen LogP contribution in [-0.4, -0.2) is 57.0 Å². The van der Waals surface area contributed by atoms with Gasteiger partial charge in [-0.1, -0.05) is 24.3 Å². The topological polar surface area (TPSA) is 68.8 Å². The third-order valence-electron chi connectivity index (χ3n) is 4.58. The van der Waals surface area contributed by atoms with Crippen LogP contribution >= 0.6 is 24.0 Å². The van der Waals surface area contributed by atoms with Crippen LogP contribution in [0.1, 0.15) is 28.4 Å². The number of guanidine groups is 1. The van der Waals surface area contributed by atoms with Gasteiger partial charge < -0.3 is 20.9 Å². The number of hydrogen-bond acceptors (Lipinski definition) is 3. The lowest BCUT2D eigenvalue weighted by atomic mass is 10.1. The van der Waals surface area contributed by atoms with E-state index in [1.807, 2.05) is 38.2 Å². The zero-order valence-electron chi connectivity index (χ0n) is 18.5. The van der Waals surface area contributed by atoms with Gasteiger partial charge in [0.15, 0.2) is 5.96 Å². The van der Waals surface area contributed by atoms with E-state index in [-0.39, 0.29) is 35.7 Å². The highest BCUT2D eigenvalue weighted by atomic mass is 127. The fourth-order valence-corrected chi connectivity index (χ4v) is 2.99. The molecule has 0 saturated carbocycles. The van der Waals surface area contributed by atoms with Crippen LogP contribution in [0, 0.1) is 5.82 Å². The zero-order valence-corrected chi connectivity index (χ0v) is 20.8. The molecule has 3 N–H and O–H groups in total. The first kappa shape index (κ1) is 26.8. The Morgan fingerprint density at radius 1 is 1.10 bits per heavy atom. The van der Waals surface area contributed by atoms with Crippen LogP contribution in [0.5, 0.6) is 0 Å². The molecule has 0 atom stereocenters.